The van der Waals surface area contributed by atoms with E-state index in [1.54, 1.807) is 41.8 Å². The smallest absolute Gasteiger partial charge is 0.353 e. The molecule has 140 valence electrons. The van der Waals surface area contributed by atoms with Gasteiger partial charge in [-0.1, -0.05) is 30.4 Å². The van der Waals surface area contributed by atoms with Gasteiger partial charge in [0.2, 0.25) is 11.8 Å². The third kappa shape index (κ3) is 2.09. The summed E-state index contributed by atoms with van der Waals surface area (Å²) in [6, 6.07) is 10.3. The van der Waals surface area contributed by atoms with E-state index in [1.807, 2.05) is 0 Å². The molecule has 4 aliphatic carbocycles. The Morgan fingerprint density at radius 3 is 2.29 bits per heavy atom. The number of anilines is 1. The second kappa shape index (κ2) is 5.64. The van der Waals surface area contributed by atoms with Crippen LogP contribution in [-0.2, 0) is 9.59 Å². The topological polar surface area (TPSA) is 63.7 Å². The van der Waals surface area contributed by atoms with Crippen LogP contribution in [-0.4, -0.2) is 17.8 Å². The van der Waals surface area contributed by atoms with Gasteiger partial charge in [0.25, 0.3) is 0 Å². The van der Waals surface area contributed by atoms with Crippen LogP contribution < -0.4 is 9.64 Å². The molecule has 1 aliphatic heterocycles. The fourth-order valence-corrected chi connectivity index (χ4v) is 6.07. The standard InChI is InChI=1S/C22H17NO4S/c24-20-18-11-7-8-12(14-10-13(11)14)19(18)21(25)23(20)15-4-1-2-5-16(15)27-22(26)17-6-3-9-28-17/h1-9,11-14,18-19H,10H2/t11-,12-,13-,14-,18-,19+/m1/s1. The van der Waals surface area contributed by atoms with Crippen molar-refractivity contribution >= 4 is 34.8 Å². The third-order valence-electron chi connectivity index (χ3n) is 6.69. The quantitative estimate of drug-likeness (QED) is 0.348. The number of rotatable bonds is 3. The lowest BCUT2D eigenvalue weighted by atomic mass is 9.63. The van der Waals surface area contributed by atoms with Gasteiger partial charge in [-0.3, -0.25) is 9.59 Å². The summed E-state index contributed by atoms with van der Waals surface area (Å²) in [4.78, 5) is 40.8. The Hall–Kier alpha value is -2.73. The number of ether oxygens (including phenoxy) is 1. The largest absolute Gasteiger partial charge is 0.420 e. The van der Waals surface area contributed by atoms with Crippen LogP contribution in [0.25, 0.3) is 0 Å². The van der Waals surface area contributed by atoms with E-state index < -0.39 is 5.97 Å². The van der Waals surface area contributed by atoms with Gasteiger partial charge < -0.3 is 4.74 Å². The van der Waals surface area contributed by atoms with Crippen molar-refractivity contribution in [1.82, 2.24) is 0 Å². The Morgan fingerprint density at radius 1 is 0.964 bits per heavy atom. The van der Waals surface area contributed by atoms with E-state index in [4.69, 9.17) is 4.74 Å². The maximum Gasteiger partial charge on any atom is 0.353 e. The molecule has 5 aliphatic rings. The fraction of sp³-hybridized carbons (Fsp3) is 0.318. The zero-order valence-electron chi connectivity index (χ0n) is 14.9. The van der Waals surface area contributed by atoms with E-state index in [-0.39, 0.29) is 41.2 Å². The highest BCUT2D eigenvalue weighted by Crippen LogP contribution is 2.65. The van der Waals surface area contributed by atoms with Crippen molar-refractivity contribution < 1.29 is 19.1 Å². The second-order valence-corrected chi connectivity index (χ2v) is 8.95. The molecule has 0 unspecified atom stereocenters. The number of carbonyl (C=O) groups excluding carboxylic acids is 3. The molecule has 0 radical (unpaired) electrons. The molecular formula is C22H17NO4S. The Labute approximate surface area is 165 Å². The van der Waals surface area contributed by atoms with Crippen molar-refractivity contribution in [3.63, 3.8) is 0 Å². The number of para-hydroxylation sites is 2. The van der Waals surface area contributed by atoms with Gasteiger partial charge in [-0.15, -0.1) is 11.3 Å². The molecule has 2 heterocycles. The van der Waals surface area contributed by atoms with Crippen molar-refractivity contribution in [3.8, 4) is 5.75 Å². The number of imide groups is 1. The minimum absolute atomic E-state index is 0.153. The molecule has 6 atom stereocenters. The molecule has 2 saturated carbocycles. The zero-order chi connectivity index (χ0) is 19.0. The summed E-state index contributed by atoms with van der Waals surface area (Å²) in [5.74, 6) is 0.358. The van der Waals surface area contributed by atoms with Crippen molar-refractivity contribution in [2.45, 2.75) is 6.42 Å². The number of thiophene rings is 1. The first-order valence-corrected chi connectivity index (χ1v) is 10.4. The zero-order valence-corrected chi connectivity index (χ0v) is 15.7. The Kier molecular flexibility index (Phi) is 3.27. The number of hydrogen-bond acceptors (Lipinski definition) is 5. The predicted molar refractivity (Wildman–Crippen MR) is 103 cm³/mol. The van der Waals surface area contributed by atoms with Gasteiger partial charge in [-0.05, 0) is 53.7 Å². The molecule has 0 spiro atoms. The second-order valence-electron chi connectivity index (χ2n) is 8.00. The molecule has 2 aromatic rings. The number of carbonyl (C=O) groups is 3. The fourth-order valence-electron chi connectivity index (χ4n) is 5.47. The Morgan fingerprint density at radius 2 is 1.64 bits per heavy atom. The molecule has 2 amide bonds. The van der Waals surface area contributed by atoms with Crippen molar-refractivity contribution in [2.75, 3.05) is 4.90 Å². The lowest BCUT2D eigenvalue weighted by Crippen LogP contribution is -2.40. The maximum atomic E-state index is 13.3. The molecule has 5 nitrogen and oxygen atoms in total. The lowest BCUT2D eigenvalue weighted by molar-refractivity contribution is -0.124. The van der Waals surface area contributed by atoms with Gasteiger partial charge in [-0.25, -0.2) is 9.69 Å². The highest BCUT2D eigenvalue weighted by Gasteiger charge is 2.67. The average molecular weight is 391 g/mol. The summed E-state index contributed by atoms with van der Waals surface area (Å²) in [5, 5.41) is 1.80. The normalized spacial score (nSPS) is 34.4. The van der Waals surface area contributed by atoms with Crippen LogP contribution in [0.4, 0.5) is 5.69 Å². The van der Waals surface area contributed by atoms with Crippen molar-refractivity contribution in [2.24, 2.45) is 35.5 Å². The van der Waals surface area contributed by atoms with E-state index in [2.05, 4.69) is 12.2 Å². The number of esters is 1. The SMILES string of the molecule is O=C(Oc1ccccc1N1C(=O)[C@@H]2[C@@H]3C=C[C@H]([C@H]4C[C@H]34)[C@@H]2C1=O)c1cccs1. The third-order valence-corrected chi connectivity index (χ3v) is 7.54. The van der Waals surface area contributed by atoms with Crippen molar-refractivity contribution in [1.29, 1.82) is 0 Å². The number of nitrogens with zero attached hydrogens (tertiary/aromatic N) is 1. The minimum atomic E-state index is -0.484. The number of allylic oxidation sites excluding steroid dienone is 2. The maximum absolute atomic E-state index is 13.3. The van der Waals surface area contributed by atoms with Gasteiger partial charge in [0.15, 0.2) is 5.75 Å². The van der Waals surface area contributed by atoms with Crippen LogP contribution >= 0.6 is 11.3 Å². The lowest BCUT2D eigenvalue weighted by Gasteiger charge is -2.37. The summed E-state index contributed by atoms with van der Waals surface area (Å²) in [5.41, 5.74) is 0.366. The molecular weight excluding hydrogens is 374 g/mol. The molecule has 7 rings (SSSR count). The van der Waals surface area contributed by atoms with E-state index in [9.17, 15) is 14.4 Å². The van der Waals surface area contributed by atoms with Crippen LogP contribution in [0.2, 0.25) is 0 Å². The van der Waals surface area contributed by atoms with Crippen LogP contribution in [0.1, 0.15) is 16.1 Å². The van der Waals surface area contributed by atoms with Crippen LogP contribution in [0.15, 0.2) is 53.9 Å². The molecule has 0 N–H and O–H groups in total. The van der Waals surface area contributed by atoms with Crippen LogP contribution in [0.5, 0.6) is 5.75 Å². The van der Waals surface area contributed by atoms with E-state index >= 15 is 0 Å². The first-order chi connectivity index (χ1) is 13.6. The number of benzene rings is 1. The average Bonchev–Trinajstić information content (AvgIpc) is 3.27. The highest BCUT2D eigenvalue weighted by atomic mass is 32.1. The summed E-state index contributed by atoms with van der Waals surface area (Å²) >= 11 is 1.29. The highest BCUT2D eigenvalue weighted by molar-refractivity contribution is 7.12. The van der Waals surface area contributed by atoms with Gasteiger partial charge in [-0.2, -0.15) is 0 Å². The molecule has 28 heavy (non-hydrogen) atoms. The van der Waals surface area contributed by atoms with Crippen LogP contribution in [0, 0.1) is 35.5 Å². The summed E-state index contributed by atoms with van der Waals surface area (Å²) in [7, 11) is 0. The molecule has 2 bridgehead atoms. The van der Waals surface area contributed by atoms with Gasteiger partial charge in [0.05, 0.1) is 17.5 Å². The number of hydrogen-bond donors (Lipinski definition) is 0. The van der Waals surface area contributed by atoms with Gasteiger partial charge >= 0.3 is 5.97 Å². The molecule has 1 aromatic carbocycles. The summed E-state index contributed by atoms with van der Waals surface area (Å²) < 4.78 is 5.56. The van der Waals surface area contributed by atoms with Gasteiger partial charge in [0.1, 0.15) is 4.88 Å². The van der Waals surface area contributed by atoms with E-state index in [0.717, 1.165) is 6.42 Å². The predicted octanol–water partition coefficient (Wildman–Crippen LogP) is 3.52. The number of amides is 2. The summed E-state index contributed by atoms with van der Waals surface area (Å²) in [6.45, 7) is 0. The Bertz CT molecular complexity index is 1010. The van der Waals surface area contributed by atoms with Crippen LogP contribution in [0.3, 0.4) is 0 Å². The Balaban J connectivity index is 1.36. The first-order valence-electron chi connectivity index (χ1n) is 9.56. The molecule has 1 aromatic heterocycles. The monoisotopic (exact) mass is 391 g/mol. The molecule has 1 saturated heterocycles. The van der Waals surface area contributed by atoms with E-state index in [0.29, 0.717) is 22.4 Å². The molecule has 6 heteroatoms. The van der Waals surface area contributed by atoms with E-state index in [1.165, 1.54) is 16.2 Å². The minimum Gasteiger partial charge on any atom is -0.420 e. The molecule has 3 fully saturated rings. The summed E-state index contributed by atoms with van der Waals surface area (Å²) in [6.07, 6.45) is 5.43. The van der Waals surface area contributed by atoms with Gasteiger partial charge in [0, 0.05) is 0 Å². The first kappa shape index (κ1) is 16.2. The van der Waals surface area contributed by atoms with Crippen molar-refractivity contribution in [3.05, 3.63) is 58.8 Å².